The van der Waals surface area contributed by atoms with E-state index in [1.165, 1.54) is 0 Å². The van der Waals surface area contributed by atoms with Crippen molar-refractivity contribution in [1.82, 2.24) is 0 Å². The third kappa shape index (κ3) is 2.54. The lowest BCUT2D eigenvalue weighted by Crippen LogP contribution is -2.53. The molecule has 0 radical (unpaired) electrons. The van der Waals surface area contributed by atoms with Gasteiger partial charge in [-0.1, -0.05) is 40.2 Å². The largest absolute Gasteiger partial charge is 0.373 e. The Kier molecular flexibility index (Phi) is 3.69. The molecule has 108 valence electrons. The molecule has 1 atom stereocenters. The highest BCUT2D eigenvalue weighted by molar-refractivity contribution is 9.10. The molecule has 0 fully saturated rings. The van der Waals surface area contributed by atoms with Crippen molar-refractivity contribution in [2.24, 2.45) is 5.73 Å². The molecular formula is C16H15BrN2O2. The van der Waals surface area contributed by atoms with Gasteiger partial charge in [-0.15, -0.1) is 0 Å². The minimum absolute atomic E-state index is 0.218. The zero-order chi connectivity index (χ0) is 14.9. The van der Waals surface area contributed by atoms with Crippen LogP contribution in [0.2, 0.25) is 0 Å². The second-order valence-electron chi connectivity index (χ2n) is 5.05. The number of nitrogens with two attached hydrogens (primary N) is 1. The fourth-order valence-corrected chi connectivity index (χ4v) is 2.87. The first-order chi connectivity index (χ1) is 10.1. The minimum Gasteiger partial charge on any atom is -0.373 e. The molecule has 5 heteroatoms. The van der Waals surface area contributed by atoms with Gasteiger partial charge in [-0.05, 0) is 35.4 Å². The van der Waals surface area contributed by atoms with Gasteiger partial charge in [-0.25, -0.2) is 0 Å². The Balaban J connectivity index is 2.05. The number of hydrogen-bond donors (Lipinski definition) is 2. The topological polar surface area (TPSA) is 64.4 Å². The lowest BCUT2D eigenvalue weighted by atomic mass is 9.84. The van der Waals surface area contributed by atoms with Gasteiger partial charge < -0.3 is 15.8 Å². The highest BCUT2D eigenvalue weighted by atomic mass is 79.9. The van der Waals surface area contributed by atoms with E-state index >= 15 is 0 Å². The third-order valence-electron chi connectivity index (χ3n) is 3.68. The molecule has 0 spiro atoms. The molecule has 0 aliphatic carbocycles. The molecule has 4 nitrogen and oxygen atoms in total. The predicted molar refractivity (Wildman–Crippen MR) is 84.7 cm³/mol. The number of benzene rings is 2. The van der Waals surface area contributed by atoms with Crippen molar-refractivity contribution in [2.45, 2.75) is 12.1 Å². The van der Waals surface area contributed by atoms with E-state index in [0.717, 1.165) is 21.3 Å². The molecular weight excluding hydrogens is 332 g/mol. The number of carbonyl (C=O) groups excluding carboxylic acids is 1. The summed E-state index contributed by atoms with van der Waals surface area (Å²) in [5.41, 5.74) is 7.34. The molecule has 0 saturated carbocycles. The van der Waals surface area contributed by atoms with Crippen LogP contribution in [0.15, 0.2) is 53.0 Å². The Morgan fingerprint density at radius 3 is 2.62 bits per heavy atom. The lowest BCUT2D eigenvalue weighted by molar-refractivity contribution is -0.125. The Hall–Kier alpha value is -1.85. The van der Waals surface area contributed by atoms with Crippen LogP contribution in [-0.4, -0.2) is 12.5 Å². The van der Waals surface area contributed by atoms with Gasteiger partial charge >= 0.3 is 0 Å². The van der Waals surface area contributed by atoms with Gasteiger partial charge in [0.2, 0.25) is 5.91 Å². The van der Waals surface area contributed by atoms with Crippen LogP contribution >= 0.6 is 15.9 Å². The molecule has 21 heavy (non-hydrogen) atoms. The summed E-state index contributed by atoms with van der Waals surface area (Å²) in [6.45, 7) is 0.711. The minimum atomic E-state index is -1.04. The quantitative estimate of drug-likeness (QED) is 0.897. The number of primary amides is 1. The average Bonchev–Trinajstić information content (AvgIpc) is 2.50. The summed E-state index contributed by atoms with van der Waals surface area (Å²) >= 11 is 3.39. The van der Waals surface area contributed by atoms with Crippen LogP contribution < -0.4 is 11.1 Å². The van der Waals surface area contributed by atoms with E-state index in [4.69, 9.17) is 10.5 Å². The highest BCUT2D eigenvalue weighted by Crippen LogP contribution is 2.33. The van der Waals surface area contributed by atoms with E-state index in [2.05, 4.69) is 21.2 Å². The molecule has 1 heterocycles. The maximum atomic E-state index is 12.2. The van der Waals surface area contributed by atoms with Crippen LogP contribution in [0.5, 0.6) is 0 Å². The summed E-state index contributed by atoms with van der Waals surface area (Å²) in [6, 6.07) is 15.3. The van der Waals surface area contributed by atoms with Crippen LogP contribution in [0, 0.1) is 0 Å². The molecule has 0 aromatic heterocycles. The summed E-state index contributed by atoms with van der Waals surface area (Å²) in [7, 11) is 0. The molecule has 1 aliphatic rings. The van der Waals surface area contributed by atoms with Crippen LogP contribution in [-0.2, 0) is 21.7 Å². The number of ether oxygens (including phenoxy) is 1. The second kappa shape index (κ2) is 5.50. The second-order valence-corrected chi connectivity index (χ2v) is 5.97. The maximum absolute atomic E-state index is 12.2. The molecule has 2 aromatic carbocycles. The van der Waals surface area contributed by atoms with Gasteiger partial charge in [-0.3, -0.25) is 4.79 Å². The van der Waals surface area contributed by atoms with Crippen LogP contribution in [0.25, 0.3) is 0 Å². The van der Waals surface area contributed by atoms with Crippen LogP contribution in [0.3, 0.4) is 0 Å². The predicted octanol–water partition coefficient (Wildman–Crippen LogP) is 2.77. The first-order valence-electron chi connectivity index (χ1n) is 6.61. The fraction of sp³-hybridized carbons (Fsp3) is 0.188. The van der Waals surface area contributed by atoms with Crippen molar-refractivity contribution in [1.29, 1.82) is 0 Å². The summed E-state index contributed by atoms with van der Waals surface area (Å²) in [6.07, 6.45) is 0. The van der Waals surface area contributed by atoms with Crippen molar-refractivity contribution >= 4 is 27.5 Å². The Bertz CT molecular complexity index is 672. The van der Waals surface area contributed by atoms with Crippen molar-refractivity contribution in [3.8, 4) is 0 Å². The number of anilines is 1. The molecule has 1 amide bonds. The number of rotatable bonds is 3. The SMILES string of the molecule is NC(=O)C1(Nc2ccc(Br)cc2)COCc2ccccc21. The summed E-state index contributed by atoms with van der Waals surface area (Å²) < 4.78 is 6.57. The maximum Gasteiger partial charge on any atom is 0.250 e. The van der Waals surface area contributed by atoms with Gasteiger partial charge in [0.1, 0.15) is 0 Å². The highest BCUT2D eigenvalue weighted by Gasteiger charge is 2.43. The van der Waals surface area contributed by atoms with Gasteiger partial charge in [0.25, 0.3) is 0 Å². The van der Waals surface area contributed by atoms with E-state index in [-0.39, 0.29) is 6.61 Å². The average molecular weight is 347 g/mol. The summed E-state index contributed by atoms with van der Waals surface area (Å²) in [5, 5.41) is 3.26. The van der Waals surface area contributed by atoms with Crippen molar-refractivity contribution in [2.75, 3.05) is 11.9 Å². The molecule has 0 bridgehead atoms. The third-order valence-corrected chi connectivity index (χ3v) is 4.20. The van der Waals surface area contributed by atoms with E-state index in [1.54, 1.807) is 0 Å². The van der Waals surface area contributed by atoms with Crippen molar-refractivity contribution in [3.63, 3.8) is 0 Å². The standard InChI is InChI=1S/C16H15BrN2O2/c17-12-5-7-13(8-6-12)19-16(15(18)20)10-21-9-11-3-1-2-4-14(11)16/h1-8,19H,9-10H2,(H2,18,20). The molecule has 1 aliphatic heterocycles. The number of hydrogen-bond acceptors (Lipinski definition) is 3. The fourth-order valence-electron chi connectivity index (χ4n) is 2.60. The molecule has 0 saturated heterocycles. The molecule has 3 N–H and O–H groups in total. The Labute approximate surface area is 131 Å². The zero-order valence-corrected chi connectivity index (χ0v) is 12.9. The normalized spacial score (nSPS) is 20.6. The van der Waals surface area contributed by atoms with E-state index in [9.17, 15) is 4.79 Å². The summed E-state index contributed by atoms with van der Waals surface area (Å²) in [5.74, 6) is -0.447. The number of fused-ring (bicyclic) bond motifs is 1. The Morgan fingerprint density at radius 1 is 1.19 bits per heavy atom. The van der Waals surface area contributed by atoms with Crippen LogP contribution in [0.1, 0.15) is 11.1 Å². The van der Waals surface area contributed by atoms with Gasteiger partial charge in [-0.2, -0.15) is 0 Å². The monoisotopic (exact) mass is 346 g/mol. The van der Waals surface area contributed by atoms with E-state index in [0.29, 0.717) is 6.61 Å². The van der Waals surface area contributed by atoms with Crippen molar-refractivity contribution < 1.29 is 9.53 Å². The lowest BCUT2D eigenvalue weighted by Gasteiger charge is -2.37. The first kappa shape index (κ1) is 14.1. The molecule has 2 aromatic rings. The number of halogens is 1. The van der Waals surface area contributed by atoms with Gasteiger partial charge in [0.15, 0.2) is 5.54 Å². The van der Waals surface area contributed by atoms with Crippen LogP contribution in [0.4, 0.5) is 5.69 Å². The smallest absolute Gasteiger partial charge is 0.250 e. The van der Waals surface area contributed by atoms with Gasteiger partial charge in [0, 0.05) is 10.2 Å². The molecule has 1 unspecified atom stereocenters. The number of nitrogens with one attached hydrogen (secondary N) is 1. The van der Waals surface area contributed by atoms with E-state index < -0.39 is 11.4 Å². The zero-order valence-electron chi connectivity index (χ0n) is 11.3. The number of carbonyl (C=O) groups is 1. The summed E-state index contributed by atoms with van der Waals surface area (Å²) in [4.78, 5) is 12.2. The number of amides is 1. The molecule has 3 rings (SSSR count). The van der Waals surface area contributed by atoms with E-state index in [1.807, 2.05) is 48.5 Å². The van der Waals surface area contributed by atoms with Gasteiger partial charge in [0.05, 0.1) is 13.2 Å². The first-order valence-corrected chi connectivity index (χ1v) is 7.41. The Morgan fingerprint density at radius 2 is 1.90 bits per heavy atom. The van der Waals surface area contributed by atoms with Crippen molar-refractivity contribution in [3.05, 3.63) is 64.1 Å².